The van der Waals surface area contributed by atoms with E-state index in [-0.39, 0.29) is 42.7 Å². The maximum absolute atomic E-state index is 13.2. The zero-order valence-electron chi connectivity index (χ0n) is 35.8. The largest absolute Gasteiger partial charge is 0.393 e. The van der Waals surface area contributed by atoms with E-state index in [1.54, 1.807) is 17.8 Å². The number of carbonyl (C=O) groups is 2. The minimum atomic E-state index is -4.26. The molecule has 63 heavy (non-hydrogen) atoms. The van der Waals surface area contributed by atoms with Crippen LogP contribution in [-0.2, 0) is 29.6 Å². The van der Waals surface area contributed by atoms with Crippen molar-refractivity contribution in [1.82, 2.24) is 43.7 Å². The normalized spacial score (nSPS) is 23.3. The van der Waals surface area contributed by atoms with Gasteiger partial charge in [0.25, 0.3) is 0 Å². The number of imide groups is 1. The molecule has 14 nitrogen and oxygen atoms in total. The van der Waals surface area contributed by atoms with Crippen molar-refractivity contribution >= 4 is 39.8 Å². The summed E-state index contributed by atoms with van der Waals surface area (Å²) in [4.78, 5) is 54.3. The van der Waals surface area contributed by atoms with E-state index in [1.807, 2.05) is 6.07 Å². The Balaban J connectivity index is 0.759. The highest BCUT2D eigenvalue weighted by molar-refractivity contribution is 6.00. The van der Waals surface area contributed by atoms with Crippen molar-refractivity contribution in [3.8, 4) is 11.1 Å². The number of aliphatic hydroxyl groups is 1. The first-order valence-electron chi connectivity index (χ1n) is 22.5. The average Bonchev–Trinajstić information content (AvgIpc) is 3.96. The molecule has 2 aromatic carbocycles. The number of nitrogens with one attached hydrogen (secondary N) is 2. The second-order valence-corrected chi connectivity index (χ2v) is 18.0. The number of piperidine rings is 1. The number of halogens is 3. The highest BCUT2D eigenvalue weighted by Crippen LogP contribution is 2.37. The third-order valence-electron chi connectivity index (χ3n) is 13.8. The molecule has 0 bridgehead atoms. The molecule has 3 aliphatic heterocycles. The SMILES string of the molecule is Cn1c(=O)n(C2CCC(=O)NC2=O)c2ccc(CCCN3CCC(N4CCN(Cc5ccc(-c6cn(C7CCC(O)CC7)c7nc(NCCC(F)(F)F)ncc67)cc5)CC4)C3)cc21. The third kappa shape index (κ3) is 9.57. The Labute approximate surface area is 364 Å². The van der Waals surface area contributed by atoms with Crippen molar-refractivity contribution < 1.29 is 27.9 Å². The molecule has 1 aliphatic carbocycles. The number of alkyl halides is 3. The molecule has 9 rings (SSSR count). The molecule has 3 N–H and O–H groups in total. The van der Waals surface area contributed by atoms with Crippen LogP contribution < -0.4 is 16.3 Å². The van der Waals surface area contributed by atoms with E-state index < -0.39 is 24.5 Å². The smallest absolute Gasteiger partial charge is 0.390 e. The second-order valence-electron chi connectivity index (χ2n) is 18.0. The van der Waals surface area contributed by atoms with Crippen LogP contribution in [0.25, 0.3) is 33.2 Å². The van der Waals surface area contributed by atoms with Crippen LogP contribution in [0.1, 0.15) is 81.0 Å². The summed E-state index contributed by atoms with van der Waals surface area (Å²) in [5, 5.41) is 16.1. The van der Waals surface area contributed by atoms with Crippen LogP contribution in [0, 0.1) is 0 Å². The van der Waals surface area contributed by atoms with E-state index in [2.05, 4.69) is 77.5 Å². The molecule has 3 saturated heterocycles. The Morgan fingerprint density at radius 2 is 1.63 bits per heavy atom. The molecule has 2 unspecified atom stereocenters. The molecule has 336 valence electrons. The lowest BCUT2D eigenvalue weighted by Crippen LogP contribution is -2.50. The Morgan fingerprint density at radius 1 is 0.873 bits per heavy atom. The molecule has 0 spiro atoms. The molecule has 5 aromatic rings. The molecule has 4 fully saturated rings. The molecule has 2 atom stereocenters. The molecular formula is C46H57F3N10O4. The lowest BCUT2D eigenvalue weighted by atomic mass is 9.93. The van der Waals surface area contributed by atoms with E-state index in [0.717, 1.165) is 106 Å². The third-order valence-corrected chi connectivity index (χ3v) is 13.8. The minimum Gasteiger partial charge on any atom is -0.393 e. The summed E-state index contributed by atoms with van der Waals surface area (Å²) in [5.41, 5.74) is 6.37. The number of benzene rings is 2. The maximum atomic E-state index is 13.2. The summed E-state index contributed by atoms with van der Waals surface area (Å²) in [5.74, 6) is -0.545. The van der Waals surface area contributed by atoms with Crippen molar-refractivity contribution in [2.75, 3.05) is 57.7 Å². The van der Waals surface area contributed by atoms with E-state index in [0.29, 0.717) is 36.5 Å². The number of aliphatic hydroxyl groups excluding tert-OH is 1. The highest BCUT2D eigenvalue weighted by atomic mass is 19.4. The van der Waals surface area contributed by atoms with Crippen molar-refractivity contribution in [3.05, 3.63) is 76.5 Å². The van der Waals surface area contributed by atoms with Crippen molar-refractivity contribution in [3.63, 3.8) is 0 Å². The number of aryl methyl sites for hydroxylation is 2. The summed E-state index contributed by atoms with van der Waals surface area (Å²) in [7, 11) is 1.73. The molecule has 3 aromatic heterocycles. The number of aromatic nitrogens is 5. The number of amides is 2. The van der Waals surface area contributed by atoms with Gasteiger partial charge in [-0.15, -0.1) is 0 Å². The molecule has 4 aliphatic rings. The van der Waals surface area contributed by atoms with Gasteiger partial charge in [0.2, 0.25) is 17.8 Å². The summed E-state index contributed by atoms with van der Waals surface area (Å²) in [6, 6.07) is 14.7. The summed E-state index contributed by atoms with van der Waals surface area (Å²) >= 11 is 0. The molecule has 0 radical (unpaired) electrons. The monoisotopic (exact) mass is 870 g/mol. The van der Waals surface area contributed by atoms with E-state index in [4.69, 9.17) is 4.98 Å². The number of nitrogens with zero attached hydrogens (tertiary/aromatic N) is 8. The zero-order chi connectivity index (χ0) is 43.8. The van der Waals surface area contributed by atoms with Crippen LogP contribution in [0.15, 0.2) is 59.7 Å². The van der Waals surface area contributed by atoms with Crippen LogP contribution in [-0.4, -0.2) is 126 Å². The van der Waals surface area contributed by atoms with E-state index >= 15 is 0 Å². The molecule has 17 heteroatoms. The summed E-state index contributed by atoms with van der Waals surface area (Å²) in [6.07, 6.45) is 4.88. The van der Waals surface area contributed by atoms with Gasteiger partial charge in [-0.1, -0.05) is 30.3 Å². The average molecular weight is 871 g/mol. The fraction of sp³-hybridized carbons (Fsp3) is 0.543. The molecule has 1 saturated carbocycles. The van der Waals surface area contributed by atoms with Gasteiger partial charge in [0.15, 0.2) is 0 Å². The first kappa shape index (κ1) is 43.2. The predicted molar refractivity (Wildman–Crippen MR) is 234 cm³/mol. The Hall–Kier alpha value is -5.10. The van der Waals surface area contributed by atoms with Gasteiger partial charge in [0.1, 0.15) is 11.7 Å². The number of hydrogen-bond acceptors (Lipinski definition) is 10. The van der Waals surface area contributed by atoms with Gasteiger partial charge < -0.3 is 19.9 Å². The van der Waals surface area contributed by atoms with E-state index in [1.165, 1.54) is 16.6 Å². The highest BCUT2D eigenvalue weighted by Gasteiger charge is 2.33. The predicted octanol–water partition coefficient (Wildman–Crippen LogP) is 5.39. The fourth-order valence-electron chi connectivity index (χ4n) is 10.2. The van der Waals surface area contributed by atoms with E-state index in [9.17, 15) is 32.7 Å². The molecule has 2 amide bonds. The number of imidazole rings is 1. The lowest BCUT2D eigenvalue weighted by molar-refractivity contribution is -0.136. The van der Waals surface area contributed by atoms with Crippen molar-refractivity contribution in [1.29, 1.82) is 0 Å². The standard InChI is InChI=1S/C46H57F3N10O4/c1-54-40-25-30(6-13-38(40)59(45(54)63)39-14-15-41(61)52-43(39)62)3-2-19-55-20-16-34(28-55)57-23-21-56(22-24-57)27-31-4-7-32(8-5-31)37-29-58(33-9-11-35(60)12-10-33)42-36(37)26-51-44(53-42)50-18-17-46(47,48)49/h4-8,13,25-26,29,33-35,39,60H,2-3,9-12,14-24,27-28H2,1H3,(H,50,51,53)(H,52,61,62). The van der Waals surface area contributed by atoms with Gasteiger partial charge in [-0.2, -0.15) is 18.2 Å². The zero-order valence-corrected chi connectivity index (χ0v) is 35.8. The van der Waals surface area contributed by atoms with Crippen LogP contribution in [0.5, 0.6) is 0 Å². The van der Waals surface area contributed by atoms with Gasteiger partial charge in [-0.3, -0.25) is 33.8 Å². The first-order chi connectivity index (χ1) is 30.4. The second kappa shape index (κ2) is 18.2. The van der Waals surface area contributed by atoms with Gasteiger partial charge >= 0.3 is 11.9 Å². The Bertz CT molecular complexity index is 2500. The lowest BCUT2D eigenvalue weighted by Gasteiger charge is -2.38. The van der Waals surface area contributed by atoms with Gasteiger partial charge in [0.05, 0.1) is 23.6 Å². The van der Waals surface area contributed by atoms with Gasteiger partial charge in [0, 0.05) is 94.7 Å². The van der Waals surface area contributed by atoms with Gasteiger partial charge in [-0.05, 0) is 93.3 Å². The summed E-state index contributed by atoms with van der Waals surface area (Å²) in [6.45, 7) is 7.85. The number of anilines is 1. The minimum absolute atomic E-state index is 0.135. The maximum Gasteiger partial charge on any atom is 0.390 e. The molecular weight excluding hydrogens is 814 g/mol. The number of likely N-dealkylation sites (tertiary alicyclic amines) is 1. The Morgan fingerprint density at radius 3 is 2.38 bits per heavy atom. The Kier molecular flexibility index (Phi) is 12.5. The van der Waals surface area contributed by atoms with Crippen molar-refractivity contribution in [2.45, 2.75) is 101 Å². The fourth-order valence-corrected chi connectivity index (χ4v) is 10.2. The number of carbonyl (C=O) groups excluding carboxylic acids is 2. The number of hydrogen-bond donors (Lipinski definition) is 3. The van der Waals surface area contributed by atoms with Crippen LogP contribution >= 0.6 is 0 Å². The molecule has 6 heterocycles. The van der Waals surface area contributed by atoms with Crippen LogP contribution in [0.2, 0.25) is 0 Å². The quantitative estimate of drug-likeness (QED) is 0.132. The summed E-state index contributed by atoms with van der Waals surface area (Å²) < 4.78 is 43.7. The van der Waals surface area contributed by atoms with Crippen LogP contribution in [0.4, 0.5) is 19.1 Å². The van der Waals surface area contributed by atoms with Crippen LogP contribution in [0.3, 0.4) is 0 Å². The van der Waals surface area contributed by atoms with Crippen molar-refractivity contribution in [2.24, 2.45) is 7.05 Å². The first-order valence-corrected chi connectivity index (χ1v) is 22.5. The number of piperazine rings is 1. The topological polar surface area (TPSA) is 146 Å². The number of fused-ring (bicyclic) bond motifs is 2. The number of rotatable bonds is 13. The van der Waals surface area contributed by atoms with Gasteiger partial charge in [-0.25, -0.2) is 9.78 Å².